The summed E-state index contributed by atoms with van der Waals surface area (Å²) in [6, 6.07) is 20.2. The fraction of sp³-hybridized carbons (Fsp3) is 0.115. The van der Waals surface area contributed by atoms with E-state index in [0.29, 0.717) is 21.7 Å². The summed E-state index contributed by atoms with van der Waals surface area (Å²) < 4.78 is 7.01. The lowest BCUT2D eigenvalue weighted by Gasteiger charge is -2.22. The van der Waals surface area contributed by atoms with Crippen LogP contribution in [0.2, 0.25) is 0 Å². The van der Waals surface area contributed by atoms with Crippen LogP contribution < -0.4 is 10.3 Å². The van der Waals surface area contributed by atoms with Crippen LogP contribution in [-0.2, 0) is 0 Å². The van der Waals surface area contributed by atoms with Gasteiger partial charge in [-0.05, 0) is 48.7 Å². The van der Waals surface area contributed by atoms with Crippen molar-refractivity contribution >= 4 is 43.6 Å². The lowest BCUT2D eigenvalue weighted by atomic mass is 9.99. The molecule has 1 aliphatic heterocycles. The highest BCUT2D eigenvalue weighted by Crippen LogP contribution is 2.44. The molecule has 0 spiro atoms. The second-order valence-electron chi connectivity index (χ2n) is 8.08. The fourth-order valence-corrected chi connectivity index (χ4v) is 5.70. The molecule has 32 heavy (non-hydrogen) atoms. The molecule has 6 heteroatoms. The molecular formula is C26H18N2O3S. The van der Waals surface area contributed by atoms with Crippen molar-refractivity contribution in [2.24, 2.45) is 0 Å². The largest absolute Gasteiger partial charge is 0.450 e. The molecule has 0 bridgehead atoms. The number of amides is 1. The third-order valence-corrected chi connectivity index (χ3v) is 6.92. The van der Waals surface area contributed by atoms with Crippen molar-refractivity contribution < 1.29 is 9.21 Å². The summed E-state index contributed by atoms with van der Waals surface area (Å²) in [5.41, 5.74) is 4.51. The van der Waals surface area contributed by atoms with Crippen molar-refractivity contribution in [3.05, 3.63) is 105 Å². The minimum Gasteiger partial charge on any atom is -0.450 e. The SMILES string of the molecule is Cc1cc(C)c2nc(N3C(=O)c4oc5ccccc5c(=O)c4[C@H]3c3ccccc3)sc2c1. The smallest absolute Gasteiger partial charge is 0.297 e. The monoisotopic (exact) mass is 438 g/mol. The number of aromatic nitrogens is 1. The Labute approximate surface area is 187 Å². The number of benzene rings is 3. The highest BCUT2D eigenvalue weighted by molar-refractivity contribution is 7.22. The maximum Gasteiger partial charge on any atom is 0.297 e. The Morgan fingerprint density at radius 2 is 1.72 bits per heavy atom. The molecule has 0 N–H and O–H groups in total. The number of carbonyl (C=O) groups is 1. The molecular weight excluding hydrogens is 420 g/mol. The van der Waals surface area contributed by atoms with E-state index in [1.54, 1.807) is 29.2 Å². The van der Waals surface area contributed by atoms with Gasteiger partial charge in [-0.3, -0.25) is 14.5 Å². The molecule has 3 aromatic carbocycles. The van der Waals surface area contributed by atoms with Crippen LogP contribution in [-0.4, -0.2) is 10.9 Å². The Morgan fingerprint density at radius 3 is 2.53 bits per heavy atom. The summed E-state index contributed by atoms with van der Waals surface area (Å²) in [5.74, 6) is -0.250. The number of para-hydroxylation sites is 1. The van der Waals surface area contributed by atoms with E-state index >= 15 is 0 Å². The summed E-state index contributed by atoms with van der Waals surface area (Å²) in [4.78, 5) is 33.6. The lowest BCUT2D eigenvalue weighted by molar-refractivity contribution is 0.0971. The zero-order valence-corrected chi connectivity index (χ0v) is 18.3. The summed E-state index contributed by atoms with van der Waals surface area (Å²) in [7, 11) is 0. The number of thiazole rings is 1. The molecule has 2 aromatic heterocycles. The van der Waals surface area contributed by atoms with Crippen LogP contribution in [0.25, 0.3) is 21.2 Å². The van der Waals surface area contributed by atoms with Crippen molar-refractivity contribution in [2.45, 2.75) is 19.9 Å². The normalized spacial score (nSPS) is 15.6. The highest BCUT2D eigenvalue weighted by Gasteiger charge is 2.44. The number of fused-ring (bicyclic) bond motifs is 3. The molecule has 1 aliphatic rings. The number of anilines is 1. The topological polar surface area (TPSA) is 63.4 Å². The fourth-order valence-electron chi connectivity index (χ4n) is 4.53. The number of nitrogens with zero attached hydrogens (tertiary/aromatic N) is 2. The first-order valence-corrected chi connectivity index (χ1v) is 11.2. The minimum absolute atomic E-state index is 0.0923. The molecule has 0 saturated carbocycles. The van der Waals surface area contributed by atoms with Crippen LogP contribution in [0.4, 0.5) is 5.13 Å². The molecule has 5 aromatic rings. The van der Waals surface area contributed by atoms with Gasteiger partial charge in [0, 0.05) is 0 Å². The average Bonchev–Trinajstić information content (AvgIpc) is 3.34. The predicted molar refractivity (Wildman–Crippen MR) is 127 cm³/mol. The summed E-state index contributed by atoms with van der Waals surface area (Å²) >= 11 is 1.46. The number of rotatable bonds is 2. The van der Waals surface area contributed by atoms with Gasteiger partial charge in [0.15, 0.2) is 10.6 Å². The quantitative estimate of drug-likeness (QED) is 0.351. The van der Waals surface area contributed by atoms with Crippen LogP contribution >= 0.6 is 11.3 Å². The second-order valence-corrected chi connectivity index (χ2v) is 9.09. The van der Waals surface area contributed by atoms with E-state index in [4.69, 9.17) is 9.40 Å². The second kappa shape index (κ2) is 6.87. The Hall–Kier alpha value is -3.77. The standard InChI is InChI=1S/C26H18N2O3S/c1-14-12-15(2)21-19(13-14)32-26(27-21)28-22(16-8-4-3-5-9-16)20-23(29)17-10-6-7-11-18(17)31-24(20)25(28)30/h3-13,22H,1-2H3/t22-/m1/s1. The van der Waals surface area contributed by atoms with Crippen LogP contribution in [0.3, 0.4) is 0 Å². The molecule has 0 aliphatic carbocycles. The third-order valence-electron chi connectivity index (χ3n) is 5.92. The van der Waals surface area contributed by atoms with Gasteiger partial charge < -0.3 is 4.42 Å². The van der Waals surface area contributed by atoms with Crippen molar-refractivity contribution in [1.29, 1.82) is 0 Å². The van der Waals surface area contributed by atoms with Crippen LogP contribution in [0.1, 0.15) is 38.9 Å². The van der Waals surface area contributed by atoms with Gasteiger partial charge in [-0.25, -0.2) is 4.98 Å². The molecule has 1 amide bonds. The summed E-state index contributed by atoms with van der Waals surface area (Å²) in [6.45, 7) is 4.06. The van der Waals surface area contributed by atoms with Crippen LogP contribution in [0.15, 0.2) is 75.9 Å². The molecule has 6 rings (SSSR count). The molecule has 0 fully saturated rings. The molecule has 0 saturated heterocycles. The minimum atomic E-state index is -0.596. The Balaban J connectivity index is 1.65. The number of hydrogen-bond acceptors (Lipinski definition) is 5. The van der Waals surface area contributed by atoms with Gasteiger partial charge >= 0.3 is 0 Å². The van der Waals surface area contributed by atoms with E-state index in [2.05, 4.69) is 12.1 Å². The van der Waals surface area contributed by atoms with Crippen molar-refractivity contribution in [2.75, 3.05) is 4.90 Å². The van der Waals surface area contributed by atoms with Gasteiger partial charge in [0.05, 0.1) is 27.2 Å². The van der Waals surface area contributed by atoms with Gasteiger partial charge in [-0.1, -0.05) is 59.9 Å². The molecule has 3 heterocycles. The summed E-state index contributed by atoms with van der Waals surface area (Å²) in [6.07, 6.45) is 0. The van der Waals surface area contributed by atoms with Gasteiger partial charge in [0.2, 0.25) is 5.76 Å². The van der Waals surface area contributed by atoms with Crippen molar-refractivity contribution in [3.63, 3.8) is 0 Å². The first kappa shape index (κ1) is 19.0. The molecule has 0 unspecified atom stereocenters. The van der Waals surface area contributed by atoms with E-state index in [1.165, 1.54) is 11.3 Å². The highest BCUT2D eigenvalue weighted by atomic mass is 32.1. The van der Waals surface area contributed by atoms with Gasteiger partial charge in [0.25, 0.3) is 5.91 Å². The predicted octanol–water partition coefficient (Wildman–Crippen LogP) is 5.77. The molecule has 1 atom stereocenters. The Morgan fingerprint density at radius 1 is 0.969 bits per heavy atom. The van der Waals surface area contributed by atoms with Crippen LogP contribution in [0, 0.1) is 13.8 Å². The third kappa shape index (κ3) is 2.66. The number of carbonyl (C=O) groups excluding carboxylic acids is 1. The molecule has 156 valence electrons. The number of aryl methyl sites for hydroxylation is 2. The average molecular weight is 439 g/mol. The lowest BCUT2D eigenvalue weighted by Crippen LogP contribution is -2.29. The first-order chi connectivity index (χ1) is 15.5. The van der Waals surface area contributed by atoms with Crippen molar-refractivity contribution in [1.82, 2.24) is 4.98 Å². The maximum atomic E-state index is 13.7. The van der Waals surface area contributed by atoms with Crippen molar-refractivity contribution in [3.8, 4) is 0 Å². The van der Waals surface area contributed by atoms with Gasteiger partial charge in [-0.2, -0.15) is 0 Å². The first-order valence-electron chi connectivity index (χ1n) is 10.3. The zero-order chi connectivity index (χ0) is 22.0. The van der Waals surface area contributed by atoms with E-state index in [0.717, 1.165) is 26.9 Å². The van der Waals surface area contributed by atoms with E-state index in [-0.39, 0.29) is 17.1 Å². The van der Waals surface area contributed by atoms with E-state index in [1.807, 2.05) is 44.2 Å². The Kier molecular flexibility index (Phi) is 4.07. The van der Waals surface area contributed by atoms with Gasteiger partial charge in [-0.15, -0.1) is 0 Å². The van der Waals surface area contributed by atoms with E-state index < -0.39 is 6.04 Å². The maximum absolute atomic E-state index is 13.7. The van der Waals surface area contributed by atoms with E-state index in [9.17, 15) is 9.59 Å². The molecule has 0 radical (unpaired) electrons. The Bertz CT molecular complexity index is 1600. The van der Waals surface area contributed by atoms with Crippen LogP contribution in [0.5, 0.6) is 0 Å². The number of hydrogen-bond donors (Lipinski definition) is 0. The zero-order valence-electron chi connectivity index (χ0n) is 17.5. The summed E-state index contributed by atoms with van der Waals surface area (Å²) in [5, 5.41) is 1.03. The van der Waals surface area contributed by atoms with Gasteiger partial charge in [0.1, 0.15) is 5.58 Å². The molecule has 5 nitrogen and oxygen atoms in total.